The highest BCUT2D eigenvalue weighted by atomic mass is 32.2. The molecule has 0 aliphatic carbocycles. The van der Waals surface area contributed by atoms with Crippen LogP contribution in [0.25, 0.3) is 0 Å². The lowest BCUT2D eigenvalue weighted by Crippen LogP contribution is -2.01. The van der Waals surface area contributed by atoms with E-state index in [0.29, 0.717) is 6.42 Å². The molecule has 0 saturated carbocycles. The normalized spacial score (nSPS) is 10.1. The second-order valence-corrected chi connectivity index (χ2v) is 4.09. The maximum Gasteiger partial charge on any atom is 0.136 e. The summed E-state index contributed by atoms with van der Waals surface area (Å²) in [7, 11) is 0. The maximum absolute atomic E-state index is 11.1. The van der Waals surface area contributed by atoms with Gasteiger partial charge in [-0.15, -0.1) is 11.8 Å². The SMILES string of the molecule is O=C(CCO)CCSc1ccccc1. The van der Waals surface area contributed by atoms with E-state index in [1.54, 1.807) is 11.8 Å². The number of carbonyl (C=O) groups is 1. The Labute approximate surface area is 88.3 Å². The Morgan fingerprint density at radius 2 is 1.93 bits per heavy atom. The van der Waals surface area contributed by atoms with Gasteiger partial charge in [0.25, 0.3) is 0 Å². The molecule has 0 unspecified atom stereocenters. The molecule has 0 radical (unpaired) electrons. The molecule has 0 aliphatic heterocycles. The van der Waals surface area contributed by atoms with Crippen LogP contribution in [-0.4, -0.2) is 23.2 Å². The largest absolute Gasteiger partial charge is 0.396 e. The van der Waals surface area contributed by atoms with Crippen LogP contribution in [0.5, 0.6) is 0 Å². The first-order valence-corrected chi connectivity index (χ1v) is 5.62. The molecule has 1 aromatic carbocycles. The third kappa shape index (κ3) is 4.44. The Bertz CT molecular complexity index is 272. The molecule has 0 heterocycles. The first kappa shape index (κ1) is 11.3. The van der Waals surface area contributed by atoms with E-state index in [1.807, 2.05) is 30.3 Å². The van der Waals surface area contributed by atoms with E-state index in [1.165, 1.54) is 4.90 Å². The van der Waals surface area contributed by atoms with Crippen molar-refractivity contribution in [1.29, 1.82) is 0 Å². The number of rotatable bonds is 6. The second-order valence-electron chi connectivity index (χ2n) is 2.92. The third-order valence-corrected chi connectivity index (χ3v) is 2.80. The Morgan fingerprint density at radius 3 is 2.57 bits per heavy atom. The summed E-state index contributed by atoms with van der Waals surface area (Å²) < 4.78 is 0. The van der Waals surface area contributed by atoms with Crippen molar-refractivity contribution < 1.29 is 9.90 Å². The van der Waals surface area contributed by atoms with Crippen LogP contribution in [-0.2, 0) is 4.79 Å². The maximum atomic E-state index is 11.1. The lowest BCUT2D eigenvalue weighted by molar-refractivity contribution is -0.119. The minimum absolute atomic E-state index is 0.0329. The van der Waals surface area contributed by atoms with Gasteiger partial charge in [0.05, 0.1) is 0 Å². The van der Waals surface area contributed by atoms with E-state index in [-0.39, 0.29) is 18.8 Å². The predicted molar refractivity (Wildman–Crippen MR) is 58.5 cm³/mol. The van der Waals surface area contributed by atoms with Crippen molar-refractivity contribution in [2.45, 2.75) is 17.7 Å². The molecule has 0 atom stereocenters. The van der Waals surface area contributed by atoms with Crippen molar-refractivity contribution in [3.8, 4) is 0 Å². The first-order valence-electron chi connectivity index (χ1n) is 4.63. The molecule has 0 aliphatic rings. The molecule has 1 N–H and O–H groups in total. The third-order valence-electron chi connectivity index (χ3n) is 1.78. The molecule has 0 fully saturated rings. The van der Waals surface area contributed by atoms with Crippen LogP contribution in [0.1, 0.15) is 12.8 Å². The van der Waals surface area contributed by atoms with Crippen molar-refractivity contribution in [3.63, 3.8) is 0 Å². The van der Waals surface area contributed by atoms with Gasteiger partial charge < -0.3 is 5.11 Å². The number of carbonyl (C=O) groups excluding carboxylic acids is 1. The summed E-state index contributed by atoms with van der Waals surface area (Å²) in [6, 6.07) is 10.00. The number of Topliss-reactive ketones (excluding diaryl/α,β-unsaturated/α-hetero) is 1. The standard InChI is InChI=1S/C11H14O2S/c12-8-6-10(13)7-9-14-11-4-2-1-3-5-11/h1-5,12H,6-9H2. The molecule has 14 heavy (non-hydrogen) atoms. The Hall–Kier alpha value is -0.800. The van der Waals surface area contributed by atoms with E-state index < -0.39 is 0 Å². The summed E-state index contributed by atoms with van der Waals surface area (Å²) in [5.41, 5.74) is 0. The molecule has 3 heteroatoms. The van der Waals surface area contributed by atoms with E-state index in [9.17, 15) is 4.79 Å². The molecule has 0 saturated heterocycles. The average Bonchev–Trinajstić information content (AvgIpc) is 2.20. The van der Waals surface area contributed by atoms with Gasteiger partial charge in [0.2, 0.25) is 0 Å². The van der Waals surface area contributed by atoms with Crippen LogP contribution >= 0.6 is 11.8 Å². The van der Waals surface area contributed by atoms with Crippen LogP contribution in [0.3, 0.4) is 0 Å². The minimum atomic E-state index is -0.0329. The van der Waals surface area contributed by atoms with Gasteiger partial charge in [-0.05, 0) is 12.1 Å². The highest BCUT2D eigenvalue weighted by Crippen LogP contribution is 2.17. The summed E-state index contributed by atoms with van der Waals surface area (Å²) in [5, 5.41) is 8.53. The Kier molecular flexibility index (Phi) is 5.33. The van der Waals surface area contributed by atoms with Gasteiger partial charge in [-0.1, -0.05) is 18.2 Å². The second kappa shape index (κ2) is 6.62. The lowest BCUT2D eigenvalue weighted by atomic mass is 10.2. The Balaban J connectivity index is 2.19. The number of aliphatic hydroxyl groups is 1. The van der Waals surface area contributed by atoms with Crippen molar-refractivity contribution >= 4 is 17.5 Å². The van der Waals surface area contributed by atoms with Crippen LogP contribution < -0.4 is 0 Å². The zero-order valence-corrected chi connectivity index (χ0v) is 8.80. The summed E-state index contributed by atoms with van der Waals surface area (Å²) in [6.45, 7) is -0.0329. The number of benzene rings is 1. The van der Waals surface area contributed by atoms with Crippen molar-refractivity contribution in [2.75, 3.05) is 12.4 Å². The molecular weight excluding hydrogens is 196 g/mol. The fourth-order valence-electron chi connectivity index (χ4n) is 1.05. The first-order chi connectivity index (χ1) is 6.83. The van der Waals surface area contributed by atoms with Gasteiger partial charge >= 0.3 is 0 Å². The zero-order chi connectivity index (χ0) is 10.2. The topological polar surface area (TPSA) is 37.3 Å². The highest BCUT2D eigenvalue weighted by molar-refractivity contribution is 7.99. The summed E-state index contributed by atoms with van der Waals surface area (Å²) in [6.07, 6.45) is 0.829. The molecule has 1 aromatic rings. The molecule has 0 aromatic heterocycles. The van der Waals surface area contributed by atoms with Gasteiger partial charge in [0, 0.05) is 30.1 Å². The van der Waals surface area contributed by atoms with Gasteiger partial charge in [0.15, 0.2) is 0 Å². The van der Waals surface area contributed by atoms with Gasteiger partial charge in [-0.2, -0.15) is 0 Å². The fourth-order valence-corrected chi connectivity index (χ4v) is 1.96. The molecule has 2 nitrogen and oxygen atoms in total. The van der Waals surface area contributed by atoms with E-state index in [0.717, 1.165) is 5.75 Å². The number of hydrogen-bond acceptors (Lipinski definition) is 3. The quantitative estimate of drug-likeness (QED) is 0.731. The van der Waals surface area contributed by atoms with Crippen LogP contribution in [0.4, 0.5) is 0 Å². The molecule has 0 amide bonds. The lowest BCUT2D eigenvalue weighted by Gasteiger charge is -1.99. The highest BCUT2D eigenvalue weighted by Gasteiger charge is 2.00. The minimum Gasteiger partial charge on any atom is -0.396 e. The summed E-state index contributed by atoms with van der Waals surface area (Å²) in [5.74, 6) is 0.930. The molecule has 0 spiro atoms. The number of ketones is 1. The number of aliphatic hydroxyl groups excluding tert-OH is 1. The number of hydrogen-bond donors (Lipinski definition) is 1. The van der Waals surface area contributed by atoms with Crippen molar-refractivity contribution in [1.82, 2.24) is 0 Å². The van der Waals surface area contributed by atoms with Gasteiger partial charge in [-0.3, -0.25) is 4.79 Å². The van der Waals surface area contributed by atoms with Crippen molar-refractivity contribution in [2.24, 2.45) is 0 Å². The Morgan fingerprint density at radius 1 is 1.21 bits per heavy atom. The summed E-state index contributed by atoms with van der Waals surface area (Å²) in [4.78, 5) is 12.2. The van der Waals surface area contributed by atoms with E-state index in [4.69, 9.17) is 5.11 Å². The average molecular weight is 210 g/mol. The molecule has 1 rings (SSSR count). The number of thioether (sulfide) groups is 1. The fraction of sp³-hybridized carbons (Fsp3) is 0.364. The smallest absolute Gasteiger partial charge is 0.136 e. The molecule has 0 bridgehead atoms. The molecule has 76 valence electrons. The van der Waals surface area contributed by atoms with Gasteiger partial charge in [0.1, 0.15) is 5.78 Å². The van der Waals surface area contributed by atoms with Crippen LogP contribution in [0.2, 0.25) is 0 Å². The molecular formula is C11H14O2S. The van der Waals surface area contributed by atoms with Crippen LogP contribution in [0.15, 0.2) is 35.2 Å². The monoisotopic (exact) mass is 210 g/mol. The summed E-state index contributed by atoms with van der Waals surface area (Å²) >= 11 is 1.67. The zero-order valence-electron chi connectivity index (χ0n) is 7.98. The van der Waals surface area contributed by atoms with E-state index in [2.05, 4.69) is 0 Å². The van der Waals surface area contributed by atoms with Gasteiger partial charge in [-0.25, -0.2) is 0 Å². The van der Waals surface area contributed by atoms with Crippen molar-refractivity contribution in [3.05, 3.63) is 30.3 Å². The van der Waals surface area contributed by atoms with Crippen LogP contribution in [0, 0.1) is 0 Å². The van der Waals surface area contributed by atoms with E-state index >= 15 is 0 Å². The predicted octanol–water partition coefficient (Wildman–Crippen LogP) is 2.12.